The maximum Gasteiger partial charge on any atom is 0.264 e. The Hall–Kier alpha value is -1.80. The lowest BCUT2D eigenvalue weighted by Crippen LogP contribution is -2.42. The van der Waals surface area contributed by atoms with E-state index in [9.17, 15) is 14.7 Å². The van der Waals surface area contributed by atoms with Gasteiger partial charge in [0.15, 0.2) is 11.4 Å². The number of carbonyl (C=O) groups is 2. The summed E-state index contributed by atoms with van der Waals surface area (Å²) in [5.41, 5.74) is 0.350. The number of hydrogen-bond donors (Lipinski definition) is 1. The van der Waals surface area contributed by atoms with E-state index >= 15 is 0 Å². The Morgan fingerprint density at radius 1 is 1.07 bits per heavy atom. The van der Waals surface area contributed by atoms with Crippen LogP contribution in [0.5, 0.6) is 0 Å². The molecule has 0 bridgehead atoms. The number of hydrogen-bond acceptors (Lipinski definition) is 4. The van der Waals surface area contributed by atoms with E-state index in [2.05, 4.69) is 31.9 Å². The SMILES string of the molecule is O=C(C[C@]1(O)C(=O)N(CCc2ccccc2)c2ccc(Br)cc21)c1ccc(Br)s1. The Kier molecular flexibility index (Phi) is 5.75. The first-order valence-electron chi connectivity index (χ1n) is 9.05. The number of aliphatic hydroxyl groups is 1. The molecule has 0 fully saturated rings. The highest BCUT2D eigenvalue weighted by Gasteiger charge is 2.51. The van der Waals surface area contributed by atoms with E-state index in [1.54, 1.807) is 23.1 Å². The second kappa shape index (κ2) is 8.14. The highest BCUT2D eigenvalue weighted by atomic mass is 79.9. The van der Waals surface area contributed by atoms with Crippen molar-refractivity contribution in [2.45, 2.75) is 18.4 Å². The predicted octanol–water partition coefficient (Wildman–Crippen LogP) is 5.32. The Bertz CT molecular complexity index is 1080. The zero-order valence-corrected chi connectivity index (χ0v) is 19.3. The normalized spacial score (nSPS) is 18.2. The first kappa shape index (κ1) is 20.5. The van der Waals surface area contributed by atoms with Crippen LogP contribution >= 0.6 is 43.2 Å². The van der Waals surface area contributed by atoms with Gasteiger partial charge in [-0.05, 0) is 58.2 Å². The number of thiophene rings is 1. The number of ketones is 1. The number of carbonyl (C=O) groups excluding carboxylic acids is 2. The smallest absolute Gasteiger partial charge is 0.264 e. The van der Waals surface area contributed by atoms with Gasteiger partial charge in [-0.1, -0.05) is 46.3 Å². The van der Waals surface area contributed by atoms with Gasteiger partial charge in [0.25, 0.3) is 5.91 Å². The minimum Gasteiger partial charge on any atom is -0.375 e. The molecule has 0 spiro atoms. The molecule has 2 heterocycles. The van der Waals surface area contributed by atoms with Crippen molar-refractivity contribution in [2.75, 3.05) is 11.4 Å². The van der Waals surface area contributed by atoms with Crippen LogP contribution in [0.1, 0.15) is 27.2 Å². The lowest BCUT2D eigenvalue weighted by molar-refractivity contribution is -0.135. The molecule has 4 nitrogen and oxygen atoms in total. The minimum absolute atomic E-state index is 0.257. The molecule has 1 atom stereocenters. The lowest BCUT2D eigenvalue weighted by atomic mass is 9.89. The highest BCUT2D eigenvalue weighted by Crippen LogP contribution is 2.44. The molecule has 1 aliphatic rings. The minimum atomic E-state index is -1.87. The van der Waals surface area contributed by atoms with E-state index in [-0.39, 0.29) is 12.2 Å². The second-order valence-corrected chi connectivity index (χ2v) is 10.3. The van der Waals surface area contributed by atoms with Crippen LogP contribution < -0.4 is 4.90 Å². The van der Waals surface area contributed by atoms with Crippen molar-refractivity contribution in [1.29, 1.82) is 0 Å². The van der Waals surface area contributed by atoms with Crippen molar-refractivity contribution in [2.24, 2.45) is 0 Å². The summed E-state index contributed by atoms with van der Waals surface area (Å²) in [6.45, 7) is 0.429. The fourth-order valence-corrected chi connectivity index (χ4v) is 5.27. The summed E-state index contributed by atoms with van der Waals surface area (Å²) in [6.07, 6.45) is 0.369. The molecule has 29 heavy (non-hydrogen) atoms. The summed E-state index contributed by atoms with van der Waals surface area (Å²) < 4.78 is 1.58. The zero-order chi connectivity index (χ0) is 20.6. The average Bonchev–Trinajstić information content (AvgIpc) is 3.23. The van der Waals surface area contributed by atoms with E-state index < -0.39 is 11.5 Å². The van der Waals surface area contributed by atoms with Gasteiger partial charge in [0, 0.05) is 16.6 Å². The molecule has 148 valence electrons. The molecule has 4 rings (SSSR count). The van der Waals surface area contributed by atoms with Crippen molar-refractivity contribution >= 4 is 60.6 Å². The molecule has 0 unspecified atom stereocenters. The quantitative estimate of drug-likeness (QED) is 0.435. The van der Waals surface area contributed by atoms with Crippen molar-refractivity contribution in [3.63, 3.8) is 0 Å². The standard InChI is InChI=1S/C22H17Br2NO3S/c23-15-6-7-17-16(12-15)22(28,13-18(26)19-8-9-20(24)29-19)21(27)25(17)11-10-14-4-2-1-3-5-14/h1-9,12,28H,10-11,13H2/t22-/m1/s1. The number of anilines is 1. The van der Waals surface area contributed by atoms with Gasteiger partial charge in [-0.15, -0.1) is 11.3 Å². The number of benzene rings is 2. The summed E-state index contributed by atoms with van der Waals surface area (Å²) in [6, 6.07) is 18.8. The molecule has 3 aromatic rings. The van der Waals surface area contributed by atoms with Crippen molar-refractivity contribution < 1.29 is 14.7 Å². The third-order valence-corrected chi connectivity index (χ3v) is 7.18. The Morgan fingerprint density at radius 3 is 2.52 bits per heavy atom. The van der Waals surface area contributed by atoms with Crippen LogP contribution in [0, 0.1) is 0 Å². The molecule has 1 aromatic heterocycles. The molecule has 1 amide bonds. The fourth-order valence-electron chi connectivity index (χ4n) is 3.58. The summed E-state index contributed by atoms with van der Waals surface area (Å²) in [4.78, 5) is 28.2. The van der Waals surface area contributed by atoms with E-state index in [1.807, 2.05) is 42.5 Å². The molecule has 0 radical (unpaired) electrons. The maximum absolute atomic E-state index is 13.3. The number of rotatable bonds is 6. The van der Waals surface area contributed by atoms with E-state index in [1.165, 1.54) is 11.3 Å². The Balaban J connectivity index is 1.65. The van der Waals surface area contributed by atoms with Crippen LogP contribution in [0.15, 0.2) is 68.9 Å². The van der Waals surface area contributed by atoms with Crippen LogP contribution in [-0.2, 0) is 16.8 Å². The van der Waals surface area contributed by atoms with Crippen molar-refractivity contribution in [1.82, 2.24) is 0 Å². The van der Waals surface area contributed by atoms with Crippen LogP contribution in [0.25, 0.3) is 0 Å². The summed E-state index contributed by atoms with van der Waals surface area (Å²) in [5, 5.41) is 11.4. The Morgan fingerprint density at radius 2 is 1.83 bits per heavy atom. The molecule has 1 N–H and O–H groups in total. The maximum atomic E-state index is 13.3. The fraction of sp³-hybridized carbons (Fsp3) is 0.182. The molecule has 0 saturated heterocycles. The van der Waals surface area contributed by atoms with Crippen molar-refractivity contribution in [3.8, 4) is 0 Å². The molecular weight excluding hydrogens is 518 g/mol. The van der Waals surface area contributed by atoms with Gasteiger partial charge in [-0.25, -0.2) is 0 Å². The lowest BCUT2D eigenvalue weighted by Gasteiger charge is -2.22. The van der Waals surface area contributed by atoms with E-state index in [0.717, 1.165) is 13.8 Å². The Labute approximate surface area is 189 Å². The third kappa shape index (κ3) is 3.97. The van der Waals surface area contributed by atoms with Gasteiger partial charge in [-0.3, -0.25) is 9.59 Å². The molecule has 0 saturated carbocycles. The topological polar surface area (TPSA) is 57.6 Å². The molecule has 2 aromatic carbocycles. The molecule has 0 aliphatic carbocycles. The van der Waals surface area contributed by atoms with Gasteiger partial charge < -0.3 is 10.0 Å². The largest absolute Gasteiger partial charge is 0.375 e. The number of nitrogens with zero attached hydrogens (tertiary/aromatic N) is 1. The summed E-state index contributed by atoms with van der Waals surface area (Å²) >= 11 is 8.06. The first-order valence-corrected chi connectivity index (χ1v) is 11.5. The van der Waals surface area contributed by atoms with Crippen LogP contribution in [-0.4, -0.2) is 23.3 Å². The van der Waals surface area contributed by atoms with Gasteiger partial charge in [0.05, 0.1) is 20.8 Å². The van der Waals surface area contributed by atoms with E-state index in [4.69, 9.17) is 0 Å². The molecular formula is C22H17Br2NO3S. The van der Waals surface area contributed by atoms with E-state index in [0.29, 0.717) is 29.1 Å². The third-order valence-electron chi connectivity index (χ3n) is 5.03. The number of fused-ring (bicyclic) bond motifs is 1. The zero-order valence-electron chi connectivity index (χ0n) is 15.3. The van der Waals surface area contributed by atoms with Crippen LogP contribution in [0.4, 0.5) is 5.69 Å². The van der Waals surface area contributed by atoms with Crippen molar-refractivity contribution in [3.05, 3.63) is 84.9 Å². The summed E-state index contributed by atoms with van der Waals surface area (Å²) in [7, 11) is 0. The average molecular weight is 535 g/mol. The van der Waals surface area contributed by atoms with Gasteiger partial charge in [0.1, 0.15) is 0 Å². The first-order chi connectivity index (χ1) is 13.9. The van der Waals surface area contributed by atoms with Crippen LogP contribution in [0.3, 0.4) is 0 Å². The number of halogens is 2. The predicted molar refractivity (Wildman–Crippen MR) is 122 cm³/mol. The van der Waals surface area contributed by atoms with Gasteiger partial charge in [0.2, 0.25) is 0 Å². The monoisotopic (exact) mass is 533 g/mol. The second-order valence-electron chi connectivity index (χ2n) is 6.92. The summed E-state index contributed by atoms with van der Waals surface area (Å²) in [5.74, 6) is -0.710. The molecule has 1 aliphatic heterocycles. The van der Waals surface area contributed by atoms with Gasteiger partial charge >= 0.3 is 0 Å². The van der Waals surface area contributed by atoms with Crippen LogP contribution in [0.2, 0.25) is 0 Å². The molecule has 7 heteroatoms. The number of amides is 1. The number of Topliss-reactive ketones (excluding diaryl/α,β-unsaturated/α-hetero) is 1. The van der Waals surface area contributed by atoms with Gasteiger partial charge in [-0.2, -0.15) is 0 Å². The highest BCUT2D eigenvalue weighted by molar-refractivity contribution is 9.11.